The molecule has 0 aliphatic carbocycles. The van der Waals surface area contributed by atoms with Gasteiger partial charge >= 0.3 is 0 Å². The number of unbranched alkanes of at least 4 members (excludes halogenated alkanes) is 1. The lowest BCUT2D eigenvalue weighted by molar-refractivity contribution is 0.101. The van der Waals surface area contributed by atoms with Crippen molar-refractivity contribution < 1.29 is 14.6 Å². The third-order valence-corrected chi connectivity index (χ3v) is 8.99. The molecule has 3 aromatic rings. The topological polar surface area (TPSA) is 49.8 Å². The van der Waals surface area contributed by atoms with Crippen LogP contribution in [0.1, 0.15) is 43.0 Å². The van der Waals surface area contributed by atoms with Gasteiger partial charge in [-0.15, -0.1) is 0 Å². The Morgan fingerprint density at radius 3 is 2.19 bits per heavy atom. The average Bonchev–Trinajstić information content (AvgIpc) is 3.41. The van der Waals surface area contributed by atoms with E-state index in [1.54, 1.807) is 6.92 Å². The van der Waals surface area contributed by atoms with E-state index in [0.29, 0.717) is 6.61 Å². The summed E-state index contributed by atoms with van der Waals surface area (Å²) in [6.45, 7) is 11.9. The predicted octanol–water partition coefficient (Wildman–Crippen LogP) is 6.52. The summed E-state index contributed by atoms with van der Waals surface area (Å²) in [6, 6.07) is 21.1. The number of Topliss-reactive ketones (excluding diaryl/α,β-unsaturated/α-hetero) is 1. The van der Waals surface area contributed by atoms with E-state index >= 15 is 0 Å². The molecule has 0 amide bonds. The first kappa shape index (κ1) is 26.2. The summed E-state index contributed by atoms with van der Waals surface area (Å²) in [7, 11) is -1.60. The van der Waals surface area contributed by atoms with Gasteiger partial charge in [0.2, 0.25) is 0 Å². The molecule has 5 heteroatoms. The molecule has 3 aromatic carbocycles. The summed E-state index contributed by atoms with van der Waals surface area (Å²) in [5, 5.41) is 10.6. The van der Waals surface area contributed by atoms with Crippen LogP contribution in [0.3, 0.4) is 0 Å². The molecule has 0 radical (unpaired) electrons. The Morgan fingerprint density at radius 2 is 1.56 bits per heavy atom. The molecule has 1 N–H and O–H groups in total. The van der Waals surface area contributed by atoms with E-state index in [-0.39, 0.29) is 12.4 Å². The first-order chi connectivity index (χ1) is 17.3. The molecule has 1 aliphatic rings. The third-order valence-electron chi connectivity index (χ3n) is 6.98. The van der Waals surface area contributed by atoms with Crippen LogP contribution >= 0.6 is 0 Å². The number of hydrogen-bond acceptors (Lipinski definition) is 4. The van der Waals surface area contributed by atoms with Gasteiger partial charge in [-0.2, -0.15) is 0 Å². The quantitative estimate of drug-likeness (QED) is 0.195. The van der Waals surface area contributed by atoms with E-state index in [2.05, 4.69) is 60.9 Å². The van der Waals surface area contributed by atoms with Crippen molar-refractivity contribution >= 4 is 24.7 Å². The van der Waals surface area contributed by atoms with Crippen LogP contribution in [0.5, 0.6) is 5.75 Å². The van der Waals surface area contributed by atoms with Crippen LogP contribution in [0.2, 0.25) is 19.6 Å². The van der Waals surface area contributed by atoms with Crippen LogP contribution in [0.25, 0.3) is 22.3 Å². The zero-order valence-electron chi connectivity index (χ0n) is 22.1. The summed E-state index contributed by atoms with van der Waals surface area (Å²) >= 11 is 0. The van der Waals surface area contributed by atoms with Gasteiger partial charge in [-0.3, -0.25) is 4.79 Å². The number of aliphatic hydroxyl groups is 1. The highest BCUT2D eigenvalue weighted by molar-refractivity contribution is 6.89. The summed E-state index contributed by atoms with van der Waals surface area (Å²) in [4.78, 5) is 14.3. The summed E-state index contributed by atoms with van der Waals surface area (Å²) in [5.74, 6) is 0.943. The van der Waals surface area contributed by atoms with E-state index in [0.717, 1.165) is 53.9 Å². The van der Waals surface area contributed by atoms with Crippen LogP contribution in [0.4, 0.5) is 5.69 Å². The maximum absolute atomic E-state index is 11.7. The standard InChI is InChI=1S/C31H39NO3Si/c1-23(34)24-9-11-25(12-10-24)26-14-16-30(35-20-8-7-19-33)28(21-26)27-13-15-29(32-17-5-6-18-32)31(22-27)36(2,3)4/h9-16,21-22,33H,5-8,17-20H2,1-4H3. The Morgan fingerprint density at radius 1 is 0.889 bits per heavy atom. The second-order valence-electron chi connectivity index (χ2n) is 10.8. The van der Waals surface area contributed by atoms with Crippen LogP contribution in [-0.4, -0.2) is 45.3 Å². The smallest absolute Gasteiger partial charge is 0.159 e. The highest BCUT2D eigenvalue weighted by Crippen LogP contribution is 2.36. The highest BCUT2D eigenvalue weighted by Gasteiger charge is 2.25. The maximum Gasteiger partial charge on any atom is 0.159 e. The number of hydrogen-bond donors (Lipinski definition) is 1. The van der Waals surface area contributed by atoms with Crippen molar-refractivity contribution in [2.45, 2.75) is 52.2 Å². The molecule has 4 rings (SSSR count). The Bertz CT molecular complexity index is 1190. The minimum atomic E-state index is -1.60. The van der Waals surface area contributed by atoms with Gasteiger partial charge in [0, 0.05) is 36.5 Å². The van der Waals surface area contributed by atoms with E-state index in [9.17, 15) is 4.79 Å². The van der Waals surface area contributed by atoms with Gasteiger partial charge in [-0.05, 0) is 72.7 Å². The molecule has 0 aromatic heterocycles. The molecule has 36 heavy (non-hydrogen) atoms. The summed E-state index contributed by atoms with van der Waals surface area (Å²) in [5.41, 5.74) is 6.56. The van der Waals surface area contributed by atoms with Gasteiger partial charge in [-0.25, -0.2) is 0 Å². The first-order valence-electron chi connectivity index (χ1n) is 13.2. The van der Waals surface area contributed by atoms with Crippen molar-refractivity contribution in [2.75, 3.05) is 31.2 Å². The summed E-state index contributed by atoms with van der Waals surface area (Å²) in [6.07, 6.45) is 4.09. The molecule has 0 saturated carbocycles. The van der Waals surface area contributed by atoms with Crippen LogP contribution in [0, 0.1) is 0 Å². The molecule has 1 fully saturated rings. The van der Waals surface area contributed by atoms with Crippen molar-refractivity contribution in [1.82, 2.24) is 0 Å². The third kappa shape index (κ3) is 6.08. The van der Waals surface area contributed by atoms with Crippen LogP contribution < -0.4 is 14.8 Å². The van der Waals surface area contributed by atoms with E-state index in [1.165, 1.54) is 29.3 Å². The fourth-order valence-corrected chi connectivity index (χ4v) is 6.49. The number of anilines is 1. The molecule has 190 valence electrons. The summed E-state index contributed by atoms with van der Waals surface area (Å²) < 4.78 is 6.24. The lowest BCUT2D eigenvalue weighted by atomic mass is 9.97. The van der Waals surface area contributed by atoms with Crippen molar-refractivity contribution in [3.63, 3.8) is 0 Å². The number of carbonyl (C=O) groups is 1. The molecular formula is C31H39NO3Si. The predicted molar refractivity (Wildman–Crippen MR) is 154 cm³/mol. The van der Waals surface area contributed by atoms with Gasteiger partial charge in [0.05, 0.1) is 14.7 Å². The second-order valence-corrected chi connectivity index (χ2v) is 15.8. The van der Waals surface area contributed by atoms with E-state index in [1.807, 2.05) is 24.3 Å². The monoisotopic (exact) mass is 501 g/mol. The van der Waals surface area contributed by atoms with Crippen molar-refractivity contribution in [3.05, 3.63) is 66.2 Å². The Kier molecular flexibility index (Phi) is 8.32. The number of rotatable bonds is 10. The largest absolute Gasteiger partial charge is 0.493 e. The fraction of sp³-hybridized carbons (Fsp3) is 0.387. The van der Waals surface area contributed by atoms with E-state index < -0.39 is 8.07 Å². The highest BCUT2D eigenvalue weighted by atomic mass is 28.3. The number of carbonyl (C=O) groups excluding carboxylic acids is 1. The number of aliphatic hydroxyl groups excluding tert-OH is 1. The first-order valence-corrected chi connectivity index (χ1v) is 16.7. The molecule has 0 atom stereocenters. The van der Waals surface area contributed by atoms with E-state index in [4.69, 9.17) is 9.84 Å². The molecule has 0 unspecified atom stereocenters. The van der Waals surface area contributed by atoms with Gasteiger partial charge in [0.1, 0.15) is 5.75 Å². The lowest BCUT2D eigenvalue weighted by Gasteiger charge is -2.28. The van der Waals surface area contributed by atoms with Crippen LogP contribution in [0.15, 0.2) is 60.7 Å². The zero-order chi connectivity index (χ0) is 25.7. The molecule has 4 nitrogen and oxygen atoms in total. The number of benzene rings is 3. The molecule has 1 heterocycles. The number of nitrogens with zero attached hydrogens (tertiary/aromatic N) is 1. The van der Waals surface area contributed by atoms with Gasteiger partial charge in [-0.1, -0.05) is 62.1 Å². The van der Waals surface area contributed by atoms with Gasteiger partial charge in [0.15, 0.2) is 5.78 Å². The van der Waals surface area contributed by atoms with Gasteiger partial charge < -0.3 is 14.7 Å². The normalized spacial score (nSPS) is 13.8. The fourth-order valence-electron chi connectivity index (χ4n) is 4.89. The lowest BCUT2D eigenvalue weighted by Crippen LogP contribution is -2.41. The molecular weight excluding hydrogens is 462 g/mol. The molecule has 0 bridgehead atoms. The second kappa shape index (κ2) is 11.4. The molecule has 1 aliphatic heterocycles. The minimum absolute atomic E-state index is 0.0748. The molecule has 1 saturated heterocycles. The van der Waals surface area contributed by atoms with Gasteiger partial charge in [0.25, 0.3) is 0 Å². The van der Waals surface area contributed by atoms with Crippen molar-refractivity contribution in [3.8, 4) is 28.0 Å². The Balaban J connectivity index is 1.77. The van der Waals surface area contributed by atoms with Crippen molar-refractivity contribution in [2.24, 2.45) is 0 Å². The zero-order valence-corrected chi connectivity index (χ0v) is 23.1. The van der Waals surface area contributed by atoms with Crippen LogP contribution in [-0.2, 0) is 0 Å². The Labute approximate surface area is 216 Å². The Hall–Kier alpha value is -2.89. The average molecular weight is 502 g/mol. The number of ketones is 1. The van der Waals surface area contributed by atoms with Crippen molar-refractivity contribution in [1.29, 1.82) is 0 Å². The maximum atomic E-state index is 11.7. The number of ether oxygens (including phenoxy) is 1. The minimum Gasteiger partial charge on any atom is -0.493 e. The molecule has 0 spiro atoms. The SMILES string of the molecule is CC(=O)c1ccc(-c2ccc(OCCCCO)c(-c3ccc(N4CCCC4)c([Si](C)(C)C)c3)c2)cc1.